The predicted octanol–water partition coefficient (Wildman–Crippen LogP) is 3.62. The molecule has 5 nitrogen and oxygen atoms in total. The highest BCUT2D eigenvalue weighted by Gasteiger charge is 2.58. The number of hydrogen-bond acceptors (Lipinski definition) is 5. The number of hydrogen-bond donors (Lipinski definition) is 1. The van der Waals surface area contributed by atoms with E-state index in [1.807, 2.05) is 0 Å². The molecule has 1 aliphatic rings. The number of nitro groups is 1. The molecule has 24 heavy (non-hydrogen) atoms. The second kappa shape index (κ2) is 5.52. The minimum absolute atomic E-state index is 0.0136. The smallest absolute Gasteiger partial charge is 0.258 e. The molecule has 0 atom stereocenters. The Morgan fingerprint density at radius 1 is 1.17 bits per heavy atom. The van der Waals surface area contributed by atoms with E-state index in [2.05, 4.69) is 12.6 Å². The summed E-state index contributed by atoms with van der Waals surface area (Å²) in [5.74, 6) is -1.98. The molecule has 0 aliphatic heterocycles. The van der Waals surface area contributed by atoms with Crippen LogP contribution in [-0.2, 0) is 14.6 Å². The van der Waals surface area contributed by atoms with E-state index in [-0.39, 0.29) is 28.2 Å². The molecule has 1 saturated carbocycles. The van der Waals surface area contributed by atoms with E-state index in [0.717, 1.165) is 12.1 Å². The summed E-state index contributed by atoms with van der Waals surface area (Å²) < 4.78 is 52.3. The average molecular weight is 371 g/mol. The topological polar surface area (TPSA) is 77.3 Å². The molecule has 1 aliphatic carbocycles. The van der Waals surface area contributed by atoms with Gasteiger partial charge in [0.15, 0.2) is 9.84 Å². The Morgan fingerprint density at radius 3 is 2.38 bits per heavy atom. The normalized spacial score (nSPS) is 16.0. The zero-order chi connectivity index (χ0) is 17.7. The van der Waals surface area contributed by atoms with E-state index in [1.54, 1.807) is 0 Å². The molecular weight excluding hydrogens is 360 g/mol. The van der Waals surface area contributed by atoms with Crippen molar-refractivity contribution >= 4 is 28.2 Å². The number of thiol groups is 1. The van der Waals surface area contributed by atoms with Crippen molar-refractivity contribution in [2.75, 3.05) is 0 Å². The fourth-order valence-corrected chi connectivity index (χ4v) is 4.87. The molecule has 9 heteroatoms. The van der Waals surface area contributed by atoms with Crippen LogP contribution in [0.5, 0.6) is 0 Å². The van der Waals surface area contributed by atoms with E-state index in [0.29, 0.717) is 0 Å². The molecule has 0 bridgehead atoms. The molecule has 0 spiro atoms. The summed E-state index contributed by atoms with van der Waals surface area (Å²) in [5, 5.41) is 10.9. The van der Waals surface area contributed by atoms with Gasteiger partial charge in [-0.25, -0.2) is 12.8 Å². The number of sulfone groups is 1. The Morgan fingerprint density at radius 2 is 1.83 bits per heavy atom. The van der Waals surface area contributed by atoms with Gasteiger partial charge in [0, 0.05) is 16.5 Å². The minimum Gasteiger partial charge on any atom is -0.258 e. The van der Waals surface area contributed by atoms with Gasteiger partial charge in [-0.1, -0.05) is 12.1 Å². The number of benzene rings is 2. The average Bonchev–Trinajstić information content (AvgIpc) is 3.32. The lowest BCUT2D eigenvalue weighted by molar-refractivity contribution is -0.387. The zero-order valence-electron chi connectivity index (χ0n) is 12.1. The Labute approximate surface area is 141 Å². The zero-order valence-corrected chi connectivity index (χ0v) is 13.8. The van der Waals surface area contributed by atoms with Gasteiger partial charge in [-0.2, -0.15) is 4.39 Å². The summed E-state index contributed by atoms with van der Waals surface area (Å²) in [5.41, 5.74) is -1.04. The van der Waals surface area contributed by atoms with E-state index in [9.17, 15) is 27.3 Å². The molecular formula is C15H11F2NO4S2. The molecule has 0 heterocycles. The monoisotopic (exact) mass is 371 g/mol. The van der Waals surface area contributed by atoms with Gasteiger partial charge >= 0.3 is 5.69 Å². The van der Waals surface area contributed by atoms with Gasteiger partial charge < -0.3 is 0 Å². The van der Waals surface area contributed by atoms with E-state index in [1.165, 1.54) is 24.3 Å². The first kappa shape index (κ1) is 16.8. The van der Waals surface area contributed by atoms with Crippen LogP contribution in [0.2, 0.25) is 0 Å². The van der Waals surface area contributed by atoms with Crippen molar-refractivity contribution in [3.8, 4) is 0 Å². The van der Waals surface area contributed by atoms with Crippen molar-refractivity contribution in [2.45, 2.75) is 27.4 Å². The number of nitrogens with zero attached hydrogens (tertiary/aromatic N) is 1. The Balaban J connectivity index is 2.16. The SMILES string of the molecule is O=[N+]([O-])c1cccc(C2(S(=O)(=O)c3ccc(S)c(F)c3)CC2)c1F. The fourth-order valence-electron chi connectivity index (χ4n) is 2.69. The fraction of sp³-hybridized carbons (Fsp3) is 0.200. The second-order valence-corrected chi connectivity index (χ2v) is 8.25. The van der Waals surface area contributed by atoms with Crippen molar-refractivity contribution in [1.29, 1.82) is 0 Å². The van der Waals surface area contributed by atoms with Crippen LogP contribution >= 0.6 is 12.6 Å². The highest BCUT2D eigenvalue weighted by molar-refractivity contribution is 7.92. The van der Waals surface area contributed by atoms with Gasteiger partial charge in [0.25, 0.3) is 0 Å². The van der Waals surface area contributed by atoms with Gasteiger partial charge in [-0.3, -0.25) is 10.1 Å². The quantitative estimate of drug-likeness (QED) is 0.506. The Bertz CT molecular complexity index is 956. The molecule has 0 radical (unpaired) electrons. The summed E-state index contributed by atoms with van der Waals surface area (Å²) >= 11 is 3.85. The van der Waals surface area contributed by atoms with Crippen LogP contribution in [-0.4, -0.2) is 13.3 Å². The maximum Gasteiger partial charge on any atom is 0.305 e. The van der Waals surface area contributed by atoms with E-state index in [4.69, 9.17) is 0 Å². The van der Waals surface area contributed by atoms with Crippen molar-refractivity contribution in [3.05, 3.63) is 63.7 Å². The van der Waals surface area contributed by atoms with Crippen molar-refractivity contribution in [1.82, 2.24) is 0 Å². The molecule has 2 aromatic rings. The van der Waals surface area contributed by atoms with Crippen LogP contribution in [0.4, 0.5) is 14.5 Å². The molecule has 0 unspecified atom stereocenters. The summed E-state index contributed by atoms with van der Waals surface area (Å²) in [6.07, 6.45) is 0.218. The number of nitro benzene ring substituents is 1. The van der Waals surface area contributed by atoms with Crippen LogP contribution in [0, 0.1) is 21.7 Å². The molecule has 0 saturated heterocycles. The van der Waals surface area contributed by atoms with Gasteiger partial charge in [0.2, 0.25) is 5.82 Å². The largest absolute Gasteiger partial charge is 0.305 e. The molecule has 3 rings (SSSR count). The van der Waals surface area contributed by atoms with Crippen LogP contribution in [0.25, 0.3) is 0 Å². The maximum atomic E-state index is 14.5. The summed E-state index contributed by atoms with van der Waals surface area (Å²) in [7, 11) is -4.12. The highest BCUT2D eigenvalue weighted by Crippen LogP contribution is 2.56. The van der Waals surface area contributed by atoms with E-state index < -0.39 is 36.8 Å². The lowest BCUT2D eigenvalue weighted by atomic mass is 10.1. The van der Waals surface area contributed by atoms with E-state index >= 15 is 0 Å². The van der Waals surface area contributed by atoms with Crippen molar-refractivity contribution in [3.63, 3.8) is 0 Å². The van der Waals surface area contributed by atoms with Crippen LogP contribution in [0.1, 0.15) is 18.4 Å². The Hall–Kier alpha value is -2.00. The third-order valence-electron chi connectivity index (χ3n) is 4.11. The first-order valence-electron chi connectivity index (χ1n) is 6.87. The third kappa shape index (κ3) is 2.39. The second-order valence-electron chi connectivity index (χ2n) is 5.51. The Kier molecular flexibility index (Phi) is 3.88. The third-order valence-corrected chi connectivity index (χ3v) is 7.01. The molecule has 1 fully saturated rings. The molecule has 126 valence electrons. The van der Waals surface area contributed by atoms with Gasteiger partial charge in [0.05, 0.1) is 9.82 Å². The minimum atomic E-state index is -4.12. The maximum absolute atomic E-state index is 14.5. The molecule has 2 aromatic carbocycles. The van der Waals surface area contributed by atoms with Crippen LogP contribution < -0.4 is 0 Å². The highest BCUT2D eigenvalue weighted by atomic mass is 32.2. The lowest BCUT2D eigenvalue weighted by Crippen LogP contribution is -2.23. The molecule has 0 amide bonds. The summed E-state index contributed by atoms with van der Waals surface area (Å²) in [6.45, 7) is 0. The van der Waals surface area contributed by atoms with Crippen LogP contribution in [0.15, 0.2) is 46.2 Å². The standard InChI is InChI=1S/C15H11F2NO4S2/c16-11-8-9(4-5-13(11)23)24(21,22)15(6-7-15)10-2-1-3-12(14(10)17)18(19)20/h1-5,8,23H,6-7H2. The lowest BCUT2D eigenvalue weighted by Gasteiger charge is -2.18. The van der Waals surface area contributed by atoms with Crippen LogP contribution in [0.3, 0.4) is 0 Å². The number of halogens is 2. The number of rotatable bonds is 4. The van der Waals surface area contributed by atoms with Gasteiger partial charge in [0.1, 0.15) is 10.6 Å². The first-order chi connectivity index (χ1) is 11.2. The predicted molar refractivity (Wildman–Crippen MR) is 84.8 cm³/mol. The molecule has 0 aromatic heterocycles. The van der Waals surface area contributed by atoms with Gasteiger partial charge in [-0.05, 0) is 31.0 Å². The van der Waals surface area contributed by atoms with Gasteiger partial charge in [-0.15, -0.1) is 12.6 Å². The molecule has 0 N–H and O–H groups in total. The first-order valence-corrected chi connectivity index (χ1v) is 8.80. The summed E-state index contributed by atoms with van der Waals surface area (Å²) in [6, 6.07) is 6.64. The summed E-state index contributed by atoms with van der Waals surface area (Å²) in [4.78, 5) is 9.66. The van der Waals surface area contributed by atoms with Crippen molar-refractivity contribution < 1.29 is 22.1 Å². The van der Waals surface area contributed by atoms with Crippen molar-refractivity contribution in [2.24, 2.45) is 0 Å².